The maximum atomic E-state index is 10.9. The van der Waals surface area contributed by atoms with Crippen molar-refractivity contribution in [2.45, 2.75) is 13.8 Å². The minimum Gasteiger partial charge on any atom is -0.389 e. The fraction of sp³-hybridized carbons (Fsp3) is 0.333. The van der Waals surface area contributed by atoms with Gasteiger partial charge in [-0.3, -0.25) is 0 Å². The number of aromatic amines is 2. The number of hydrogen-bond acceptors (Lipinski definition) is 2. The molecule has 0 aliphatic rings. The third-order valence-corrected chi connectivity index (χ3v) is 1.32. The predicted octanol–water partition coefficient (Wildman–Crippen LogP) is -0.612. The molecule has 0 atom stereocenters. The Balaban J connectivity index is 3.46. The SMILES string of the molecule is Cc1[nH]c(=O)c(N)c(C)[nH+]1. The zero-order valence-corrected chi connectivity index (χ0v) is 5.99. The second kappa shape index (κ2) is 2.13. The molecule has 1 aromatic heterocycles. The molecular weight excluding hydrogens is 130 g/mol. The molecule has 0 bridgehead atoms. The second-order valence-corrected chi connectivity index (χ2v) is 2.24. The van der Waals surface area contributed by atoms with Crippen LogP contribution in [-0.2, 0) is 0 Å². The Morgan fingerprint density at radius 3 is 2.60 bits per heavy atom. The van der Waals surface area contributed by atoms with Crippen LogP contribution in [0.1, 0.15) is 11.5 Å². The highest BCUT2D eigenvalue weighted by Gasteiger charge is 2.05. The lowest BCUT2D eigenvalue weighted by Crippen LogP contribution is -2.26. The van der Waals surface area contributed by atoms with Gasteiger partial charge in [-0.2, -0.15) is 0 Å². The Morgan fingerprint density at radius 1 is 1.50 bits per heavy atom. The number of H-pyrrole nitrogens is 2. The zero-order valence-electron chi connectivity index (χ0n) is 5.99. The van der Waals surface area contributed by atoms with Gasteiger partial charge < -0.3 is 5.73 Å². The molecule has 4 heteroatoms. The third-order valence-electron chi connectivity index (χ3n) is 1.32. The Labute approximate surface area is 58.1 Å². The summed E-state index contributed by atoms with van der Waals surface area (Å²) in [6.45, 7) is 3.53. The van der Waals surface area contributed by atoms with Crippen molar-refractivity contribution in [3.05, 3.63) is 21.9 Å². The first kappa shape index (κ1) is 6.80. The molecule has 0 aromatic carbocycles. The summed E-state index contributed by atoms with van der Waals surface area (Å²) in [4.78, 5) is 16.3. The fourth-order valence-electron chi connectivity index (χ4n) is 0.788. The highest BCUT2D eigenvalue weighted by molar-refractivity contribution is 5.35. The number of rotatable bonds is 0. The van der Waals surface area contributed by atoms with Crippen molar-refractivity contribution < 1.29 is 4.98 Å². The van der Waals surface area contributed by atoms with Gasteiger partial charge in [0.2, 0.25) is 0 Å². The van der Waals surface area contributed by atoms with E-state index in [4.69, 9.17) is 5.73 Å². The van der Waals surface area contributed by atoms with Crippen molar-refractivity contribution in [3.8, 4) is 0 Å². The number of hydrogen-bond donors (Lipinski definition) is 2. The van der Waals surface area contributed by atoms with Gasteiger partial charge in [-0.1, -0.05) is 0 Å². The molecule has 1 heterocycles. The van der Waals surface area contributed by atoms with Crippen molar-refractivity contribution in [2.24, 2.45) is 0 Å². The van der Waals surface area contributed by atoms with Crippen LogP contribution < -0.4 is 16.3 Å². The fourth-order valence-corrected chi connectivity index (χ4v) is 0.788. The van der Waals surface area contributed by atoms with E-state index in [2.05, 4.69) is 9.97 Å². The van der Waals surface area contributed by atoms with E-state index in [0.29, 0.717) is 5.69 Å². The van der Waals surface area contributed by atoms with Gasteiger partial charge in [0, 0.05) is 6.92 Å². The van der Waals surface area contributed by atoms with Crippen LogP contribution in [0.4, 0.5) is 5.69 Å². The average molecular weight is 140 g/mol. The summed E-state index contributed by atoms with van der Waals surface area (Å²) < 4.78 is 0. The molecule has 0 radical (unpaired) electrons. The molecule has 1 aromatic rings. The molecule has 0 unspecified atom stereocenters. The van der Waals surface area contributed by atoms with Crippen molar-refractivity contribution in [1.82, 2.24) is 4.98 Å². The molecule has 0 amide bonds. The van der Waals surface area contributed by atoms with E-state index in [1.807, 2.05) is 0 Å². The lowest BCUT2D eigenvalue weighted by molar-refractivity contribution is -0.401. The minimum absolute atomic E-state index is 0.228. The Bertz CT molecular complexity index is 302. The number of aromatic nitrogens is 2. The van der Waals surface area contributed by atoms with Crippen LogP contribution >= 0.6 is 0 Å². The molecule has 0 aliphatic carbocycles. The van der Waals surface area contributed by atoms with E-state index >= 15 is 0 Å². The Kier molecular flexibility index (Phi) is 1.45. The van der Waals surface area contributed by atoms with E-state index in [1.54, 1.807) is 13.8 Å². The topological polar surface area (TPSA) is 73.0 Å². The molecule has 4 N–H and O–H groups in total. The first-order chi connectivity index (χ1) is 4.61. The molecule has 0 spiro atoms. The molecular formula is C6H10N3O+. The van der Waals surface area contributed by atoms with Crippen molar-refractivity contribution in [1.29, 1.82) is 0 Å². The van der Waals surface area contributed by atoms with Crippen LogP contribution in [0.25, 0.3) is 0 Å². The predicted molar refractivity (Wildman–Crippen MR) is 37.5 cm³/mol. The largest absolute Gasteiger partial charge is 0.389 e. The monoisotopic (exact) mass is 140 g/mol. The maximum absolute atomic E-state index is 10.9. The minimum atomic E-state index is -0.228. The van der Waals surface area contributed by atoms with E-state index in [1.165, 1.54) is 0 Å². The van der Waals surface area contributed by atoms with Gasteiger partial charge in [0.15, 0.2) is 5.69 Å². The molecule has 1 rings (SSSR count). The third kappa shape index (κ3) is 1.00. The van der Waals surface area contributed by atoms with Gasteiger partial charge in [0.05, 0.1) is 0 Å². The van der Waals surface area contributed by atoms with Crippen LogP contribution in [0.3, 0.4) is 0 Å². The quantitative estimate of drug-likeness (QED) is 0.504. The molecule has 0 aliphatic heterocycles. The number of nitrogens with one attached hydrogen (secondary N) is 2. The molecule has 0 fully saturated rings. The number of anilines is 1. The van der Waals surface area contributed by atoms with Gasteiger partial charge in [0.25, 0.3) is 5.82 Å². The summed E-state index contributed by atoms with van der Waals surface area (Å²) in [6.07, 6.45) is 0. The average Bonchev–Trinajstić information content (AvgIpc) is 1.82. The van der Waals surface area contributed by atoms with E-state index < -0.39 is 0 Å². The summed E-state index contributed by atoms with van der Waals surface area (Å²) in [5.74, 6) is 0.719. The van der Waals surface area contributed by atoms with Crippen molar-refractivity contribution >= 4 is 5.69 Å². The standard InChI is InChI=1S/C6H9N3O/c1-3-5(7)6(10)9-4(2)8-3/h7H2,1-2H3,(H,8,9,10)/p+1. The Hall–Kier alpha value is -1.32. The number of aryl methyl sites for hydroxylation is 2. The molecule has 10 heavy (non-hydrogen) atoms. The summed E-state index contributed by atoms with van der Waals surface area (Å²) in [6, 6.07) is 0. The summed E-state index contributed by atoms with van der Waals surface area (Å²) in [5.41, 5.74) is 6.11. The molecule has 0 saturated carbocycles. The van der Waals surface area contributed by atoms with Gasteiger partial charge in [-0.05, 0) is 6.92 Å². The van der Waals surface area contributed by atoms with E-state index in [-0.39, 0.29) is 11.2 Å². The normalized spacial score (nSPS) is 9.80. The second-order valence-electron chi connectivity index (χ2n) is 2.24. The van der Waals surface area contributed by atoms with Crippen molar-refractivity contribution in [3.63, 3.8) is 0 Å². The van der Waals surface area contributed by atoms with Gasteiger partial charge in [-0.25, -0.2) is 14.8 Å². The van der Waals surface area contributed by atoms with Crippen LogP contribution in [0.15, 0.2) is 4.79 Å². The zero-order chi connectivity index (χ0) is 7.72. The maximum Gasteiger partial charge on any atom is 0.358 e. The number of nitrogens with two attached hydrogens (primary N) is 1. The van der Waals surface area contributed by atoms with E-state index in [0.717, 1.165) is 5.82 Å². The molecule has 0 saturated heterocycles. The van der Waals surface area contributed by atoms with Gasteiger partial charge >= 0.3 is 5.56 Å². The number of nitrogen functional groups attached to an aromatic ring is 1. The highest BCUT2D eigenvalue weighted by atomic mass is 16.1. The summed E-state index contributed by atoms with van der Waals surface area (Å²) in [5, 5.41) is 0. The van der Waals surface area contributed by atoms with Crippen LogP contribution in [0, 0.1) is 13.8 Å². The van der Waals surface area contributed by atoms with Crippen LogP contribution in [0.5, 0.6) is 0 Å². The van der Waals surface area contributed by atoms with Crippen molar-refractivity contribution in [2.75, 3.05) is 5.73 Å². The lowest BCUT2D eigenvalue weighted by atomic mass is 10.4. The summed E-state index contributed by atoms with van der Waals surface area (Å²) in [7, 11) is 0. The smallest absolute Gasteiger partial charge is 0.358 e. The molecule has 54 valence electrons. The highest BCUT2D eigenvalue weighted by Crippen LogP contribution is 1.92. The first-order valence-corrected chi connectivity index (χ1v) is 2.99. The van der Waals surface area contributed by atoms with Crippen LogP contribution in [-0.4, -0.2) is 4.98 Å². The Morgan fingerprint density at radius 2 is 2.10 bits per heavy atom. The first-order valence-electron chi connectivity index (χ1n) is 2.99. The summed E-state index contributed by atoms with van der Waals surface area (Å²) >= 11 is 0. The van der Waals surface area contributed by atoms with E-state index in [9.17, 15) is 4.79 Å². The van der Waals surface area contributed by atoms with Gasteiger partial charge in [0.1, 0.15) is 5.69 Å². The van der Waals surface area contributed by atoms with Gasteiger partial charge in [-0.15, -0.1) is 0 Å². The van der Waals surface area contributed by atoms with Crippen LogP contribution in [0.2, 0.25) is 0 Å². The molecule has 4 nitrogen and oxygen atoms in total. The lowest BCUT2D eigenvalue weighted by Gasteiger charge is -1.91.